The van der Waals surface area contributed by atoms with Gasteiger partial charge in [0, 0.05) is 5.92 Å². The first kappa shape index (κ1) is 12.0. The second-order valence-electron chi connectivity index (χ2n) is 4.76. The van der Waals surface area contributed by atoms with Crippen LogP contribution in [0.1, 0.15) is 18.4 Å². The van der Waals surface area contributed by atoms with Gasteiger partial charge in [-0.25, -0.2) is 0 Å². The smallest absolute Gasteiger partial charge is 0.241 e. The van der Waals surface area contributed by atoms with Crippen LogP contribution in [0.25, 0.3) is 0 Å². The summed E-state index contributed by atoms with van der Waals surface area (Å²) in [5.74, 6) is 0.419. The van der Waals surface area contributed by atoms with Gasteiger partial charge in [0.25, 0.3) is 0 Å². The SMILES string of the molecule is CC(/C=C/O[Si](C)(C)C)c1ccccc1. The van der Waals surface area contributed by atoms with E-state index >= 15 is 0 Å². The second kappa shape index (κ2) is 5.17. The van der Waals surface area contributed by atoms with Gasteiger partial charge in [0.2, 0.25) is 8.32 Å². The summed E-state index contributed by atoms with van der Waals surface area (Å²) in [6.45, 7) is 8.74. The van der Waals surface area contributed by atoms with Crippen LogP contribution in [0.15, 0.2) is 42.7 Å². The van der Waals surface area contributed by atoms with Gasteiger partial charge in [0.1, 0.15) is 0 Å². The van der Waals surface area contributed by atoms with E-state index in [4.69, 9.17) is 4.43 Å². The van der Waals surface area contributed by atoms with Crippen LogP contribution in [-0.2, 0) is 4.43 Å². The van der Waals surface area contributed by atoms with Crippen molar-refractivity contribution in [1.29, 1.82) is 0 Å². The lowest BCUT2D eigenvalue weighted by Crippen LogP contribution is -2.21. The second-order valence-corrected chi connectivity index (χ2v) is 9.22. The number of hydrogen-bond donors (Lipinski definition) is 0. The molecular formula is C13H20OSi. The first-order valence-corrected chi connectivity index (χ1v) is 8.79. The van der Waals surface area contributed by atoms with Crippen molar-refractivity contribution in [2.45, 2.75) is 32.5 Å². The van der Waals surface area contributed by atoms with Crippen molar-refractivity contribution >= 4 is 8.32 Å². The van der Waals surface area contributed by atoms with E-state index in [0.29, 0.717) is 5.92 Å². The predicted molar refractivity (Wildman–Crippen MR) is 68.4 cm³/mol. The summed E-state index contributed by atoms with van der Waals surface area (Å²) < 4.78 is 5.68. The van der Waals surface area contributed by atoms with E-state index in [0.717, 1.165) is 0 Å². The van der Waals surface area contributed by atoms with Crippen molar-refractivity contribution in [3.8, 4) is 0 Å². The fraction of sp³-hybridized carbons (Fsp3) is 0.385. The Morgan fingerprint density at radius 2 is 1.73 bits per heavy atom. The topological polar surface area (TPSA) is 9.23 Å². The lowest BCUT2D eigenvalue weighted by molar-refractivity contribution is 0.476. The minimum atomic E-state index is -1.41. The van der Waals surface area contributed by atoms with Gasteiger partial charge in [0.15, 0.2) is 0 Å². The third kappa shape index (κ3) is 4.84. The van der Waals surface area contributed by atoms with Crippen LogP contribution in [0.3, 0.4) is 0 Å². The largest absolute Gasteiger partial charge is 0.550 e. The van der Waals surface area contributed by atoms with Crippen molar-refractivity contribution < 1.29 is 4.43 Å². The summed E-state index contributed by atoms with van der Waals surface area (Å²) in [6, 6.07) is 10.5. The molecule has 82 valence electrons. The van der Waals surface area contributed by atoms with E-state index in [-0.39, 0.29) is 0 Å². The van der Waals surface area contributed by atoms with Gasteiger partial charge in [-0.15, -0.1) is 0 Å². The average Bonchev–Trinajstić information content (AvgIpc) is 2.17. The minimum Gasteiger partial charge on any atom is -0.550 e. The standard InChI is InChI=1S/C13H20OSi/c1-12(10-11-14-15(2,3)4)13-8-6-5-7-9-13/h5-12H,1-4H3/b11-10+. The molecule has 1 atom stereocenters. The molecule has 0 amide bonds. The molecule has 0 saturated heterocycles. The minimum absolute atomic E-state index is 0.419. The summed E-state index contributed by atoms with van der Waals surface area (Å²) in [5.41, 5.74) is 1.33. The van der Waals surface area contributed by atoms with Crippen LogP contribution in [0.4, 0.5) is 0 Å². The molecule has 1 rings (SSSR count). The molecule has 1 aromatic rings. The van der Waals surface area contributed by atoms with Gasteiger partial charge < -0.3 is 4.43 Å². The highest BCUT2D eigenvalue weighted by atomic mass is 28.4. The Balaban J connectivity index is 2.53. The van der Waals surface area contributed by atoms with E-state index in [1.54, 1.807) is 0 Å². The molecule has 0 bridgehead atoms. The van der Waals surface area contributed by atoms with E-state index in [2.05, 4.69) is 56.9 Å². The fourth-order valence-electron chi connectivity index (χ4n) is 1.23. The maximum absolute atomic E-state index is 5.68. The number of rotatable bonds is 4. The lowest BCUT2D eigenvalue weighted by Gasteiger charge is -2.15. The van der Waals surface area contributed by atoms with Crippen LogP contribution in [0.2, 0.25) is 19.6 Å². The maximum Gasteiger partial charge on any atom is 0.241 e. The molecule has 1 aromatic carbocycles. The molecule has 2 heteroatoms. The molecule has 0 aliphatic rings. The van der Waals surface area contributed by atoms with Crippen molar-refractivity contribution in [3.05, 3.63) is 48.2 Å². The highest BCUT2D eigenvalue weighted by Crippen LogP contribution is 2.16. The molecule has 0 spiro atoms. The van der Waals surface area contributed by atoms with Gasteiger partial charge in [0.05, 0.1) is 6.26 Å². The Morgan fingerprint density at radius 1 is 1.13 bits per heavy atom. The maximum atomic E-state index is 5.68. The third-order valence-electron chi connectivity index (χ3n) is 2.11. The van der Waals surface area contributed by atoms with Gasteiger partial charge >= 0.3 is 0 Å². The van der Waals surface area contributed by atoms with E-state index in [1.165, 1.54) is 5.56 Å². The van der Waals surface area contributed by atoms with Crippen LogP contribution in [-0.4, -0.2) is 8.32 Å². The van der Waals surface area contributed by atoms with Gasteiger partial charge in [-0.1, -0.05) is 37.3 Å². The normalized spacial score (nSPS) is 14.1. The molecule has 0 fully saturated rings. The monoisotopic (exact) mass is 220 g/mol. The highest BCUT2D eigenvalue weighted by molar-refractivity contribution is 6.69. The zero-order valence-electron chi connectivity index (χ0n) is 10.0. The first-order chi connectivity index (χ1) is 6.99. The number of hydrogen-bond acceptors (Lipinski definition) is 1. The quantitative estimate of drug-likeness (QED) is 0.547. The molecule has 0 aliphatic carbocycles. The first-order valence-electron chi connectivity index (χ1n) is 5.38. The van der Waals surface area contributed by atoms with Crippen LogP contribution in [0, 0.1) is 0 Å². The van der Waals surface area contributed by atoms with Crippen molar-refractivity contribution in [2.75, 3.05) is 0 Å². The van der Waals surface area contributed by atoms with Crippen LogP contribution in [0.5, 0.6) is 0 Å². The molecule has 0 aliphatic heterocycles. The van der Waals surface area contributed by atoms with Gasteiger partial charge in [-0.2, -0.15) is 0 Å². The highest BCUT2D eigenvalue weighted by Gasteiger charge is 2.13. The molecule has 0 N–H and O–H groups in total. The summed E-state index contributed by atoms with van der Waals surface area (Å²) in [4.78, 5) is 0. The van der Waals surface area contributed by atoms with E-state index < -0.39 is 8.32 Å². The fourth-order valence-corrected chi connectivity index (χ4v) is 1.72. The zero-order chi connectivity index (χ0) is 11.3. The average molecular weight is 220 g/mol. The number of benzene rings is 1. The Kier molecular flexibility index (Phi) is 4.15. The third-order valence-corrected chi connectivity index (χ3v) is 2.96. The molecule has 0 aromatic heterocycles. The van der Waals surface area contributed by atoms with E-state index in [1.807, 2.05) is 12.3 Å². The Labute approximate surface area is 93.9 Å². The van der Waals surface area contributed by atoms with Gasteiger partial charge in [-0.05, 0) is 31.3 Å². The summed E-state index contributed by atoms with van der Waals surface area (Å²) in [5, 5.41) is 0. The summed E-state index contributed by atoms with van der Waals surface area (Å²) in [6.07, 6.45) is 3.98. The molecular weight excluding hydrogens is 200 g/mol. The molecule has 0 heterocycles. The summed E-state index contributed by atoms with van der Waals surface area (Å²) in [7, 11) is -1.41. The van der Waals surface area contributed by atoms with Crippen molar-refractivity contribution in [3.63, 3.8) is 0 Å². The Bertz CT molecular complexity index is 311. The summed E-state index contributed by atoms with van der Waals surface area (Å²) >= 11 is 0. The Hall–Kier alpha value is -1.02. The van der Waals surface area contributed by atoms with Crippen molar-refractivity contribution in [2.24, 2.45) is 0 Å². The molecule has 1 nitrogen and oxygen atoms in total. The van der Waals surface area contributed by atoms with Crippen LogP contribution >= 0.6 is 0 Å². The van der Waals surface area contributed by atoms with Crippen molar-refractivity contribution in [1.82, 2.24) is 0 Å². The van der Waals surface area contributed by atoms with Gasteiger partial charge in [-0.3, -0.25) is 0 Å². The molecule has 0 saturated carbocycles. The molecule has 15 heavy (non-hydrogen) atoms. The zero-order valence-corrected chi connectivity index (χ0v) is 11.0. The molecule has 0 radical (unpaired) electrons. The predicted octanol–water partition coefficient (Wildman–Crippen LogP) is 4.16. The Morgan fingerprint density at radius 3 is 2.27 bits per heavy atom. The lowest BCUT2D eigenvalue weighted by atomic mass is 10.0. The number of allylic oxidation sites excluding steroid dienone is 1. The van der Waals surface area contributed by atoms with E-state index in [9.17, 15) is 0 Å². The van der Waals surface area contributed by atoms with Crippen LogP contribution < -0.4 is 0 Å². The molecule has 1 unspecified atom stereocenters.